The zero-order chi connectivity index (χ0) is 23.5. The van der Waals surface area contributed by atoms with Crippen molar-refractivity contribution in [1.82, 2.24) is 5.32 Å². The number of hydrogen-bond acceptors (Lipinski definition) is 4. The van der Waals surface area contributed by atoms with E-state index in [1.165, 1.54) is 12.1 Å². The van der Waals surface area contributed by atoms with Crippen LogP contribution in [0, 0.1) is 6.92 Å². The lowest BCUT2D eigenvalue weighted by Crippen LogP contribution is -2.54. The van der Waals surface area contributed by atoms with Gasteiger partial charge in [0.05, 0.1) is 5.69 Å². The third-order valence-corrected chi connectivity index (χ3v) is 5.98. The average Bonchev–Trinajstić information content (AvgIpc) is 2.79. The Morgan fingerprint density at radius 2 is 1.76 bits per heavy atom. The lowest BCUT2D eigenvalue weighted by atomic mass is 10.1. The zero-order valence-electron chi connectivity index (χ0n) is 17.5. The Morgan fingerprint density at radius 1 is 1.03 bits per heavy atom. The summed E-state index contributed by atoms with van der Waals surface area (Å²) in [5.41, 5.74) is 2.37. The molecule has 33 heavy (non-hydrogen) atoms. The van der Waals surface area contributed by atoms with Crippen molar-refractivity contribution in [2.45, 2.75) is 13.5 Å². The molecule has 8 heteroatoms. The Bertz CT molecular complexity index is 1290. The van der Waals surface area contributed by atoms with Gasteiger partial charge in [-0.05, 0) is 54.5 Å². The first-order valence-electron chi connectivity index (χ1n) is 9.97. The normalized spacial score (nSPS) is 15.1. The summed E-state index contributed by atoms with van der Waals surface area (Å²) in [6.45, 7) is 2.12. The van der Waals surface area contributed by atoms with Crippen LogP contribution in [0.1, 0.15) is 16.7 Å². The number of benzene rings is 3. The van der Waals surface area contributed by atoms with Crippen LogP contribution in [-0.4, -0.2) is 17.8 Å². The van der Waals surface area contributed by atoms with Crippen molar-refractivity contribution in [3.8, 4) is 5.75 Å². The number of aryl methyl sites for hydroxylation is 1. The second kappa shape index (κ2) is 9.60. The molecule has 0 unspecified atom stereocenters. The van der Waals surface area contributed by atoms with Gasteiger partial charge in [0, 0.05) is 15.1 Å². The van der Waals surface area contributed by atoms with Gasteiger partial charge in [-0.15, -0.1) is 0 Å². The number of hydrogen-bond donors (Lipinski definition) is 1. The van der Waals surface area contributed by atoms with Gasteiger partial charge >= 0.3 is 6.03 Å². The Morgan fingerprint density at radius 3 is 2.48 bits per heavy atom. The maximum atomic E-state index is 13.2. The molecule has 1 fully saturated rings. The summed E-state index contributed by atoms with van der Waals surface area (Å²) in [7, 11) is 0. The van der Waals surface area contributed by atoms with Crippen LogP contribution in [0.4, 0.5) is 10.5 Å². The minimum Gasteiger partial charge on any atom is -0.488 e. The van der Waals surface area contributed by atoms with Crippen molar-refractivity contribution in [2.24, 2.45) is 0 Å². The molecular formula is C25H18BrClN2O4. The fourth-order valence-corrected chi connectivity index (χ4v) is 3.68. The van der Waals surface area contributed by atoms with E-state index in [4.69, 9.17) is 16.3 Å². The Hall–Kier alpha value is -3.42. The summed E-state index contributed by atoms with van der Waals surface area (Å²) in [5, 5.41) is 2.62. The van der Waals surface area contributed by atoms with Crippen molar-refractivity contribution < 1.29 is 19.1 Å². The van der Waals surface area contributed by atoms with E-state index in [2.05, 4.69) is 21.2 Å². The van der Waals surface area contributed by atoms with Crippen molar-refractivity contribution >= 4 is 57.1 Å². The number of urea groups is 1. The second-order valence-corrected chi connectivity index (χ2v) is 8.67. The van der Waals surface area contributed by atoms with E-state index in [0.29, 0.717) is 22.9 Å². The first kappa shape index (κ1) is 22.8. The predicted molar refractivity (Wildman–Crippen MR) is 130 cm³/mol. The van der Waals surface area contributed by atoms with Gasteiger partial charge in [-0.25, -0.2) is 9.69 Å². The molecule has 166 valence electrons. The van der Waals surface area contributed by atoms with Gasteiger partial charge in [0.25, 0.3) is 11.8 Å². The van der Waals surface area contributed by atoms with Crippen molar-refractivity contribution in [2.75, 3.05) is 4.90 Å². The molecule has 1 aliphatic heterocycles. The van der Waals surface area contributed by atoms with Crippen LogP contribution in [0.25, 0.3) is 6.08 Å². The van der Waals surface area contributed by atoms with Gasteiger partial charge in [-0.3, -0.25) is 14.9 Å². The first-order valence-corrected chi connectivity index (χ1v) is 11.1. The highest BCUT2D eigenvalue weighted by molar-refractivity contribution is 9.10. The summed E-state index contributed by atoms with van der Waals surface area (Å²) in [5.74, 6) is -1.02. The minimum absolute atomic E-state index is 0.189. The van der Waals surface area contributed by atoms with E-state index in [0.717, 1.165) is 20.5 Å². The Labute approximate surface area is 203 Å². The van der Waals surface area contributed by atoms with Crippen LogP contribution in [0.5, 0.6) is 5.75 Å². The molecule has 0 spiro atoms. The molecule has 0 bridgehead atoms. The highest BCUT2D eigenvalue weighted by Crippen LogP contribution is 2.28. The van der Waals surface area contributed by atoms with Crippen LogP contribution in [0.2, 0.25) is 5.02 Å². The molecule has 0 aliphatic carbocycles. The minimum atomic E-state index is -0.832. The molecule has 0 radical (unpaired) electrons. The van der Waals surface area contributed by atoms with Crippen LogP contribution in [0.3, 0.4) is 0 Å². The van der Waals surface area contributed by atoms with Crippen LogP contribution in [0.15, 0.2) is 76.8 Å². The molecule has 1 N–H and O–H groups in total. The lowest BCUT2D eigenvalue weighted by molar-refractivity contribution is -0.122. The SMILES string of the molecule is Cc1ccc(N2C(=O)NC(=O)/C(=C/c3ccccc3OCc3ccc(Br)cc3)C2=O)cc1Cl. The lowest BCUT2D eigenvalue weighted by Gasteiger charge is -2.26. The molecule has 4 rings (SSSR count). The monoisotopic (exact) mass is 524 g/mol. The summed E-state index contributed by atoms with van der Waals surface area (Å²) < 4.78 is 6.90. The summed E-state index contributed by atoms with van der Waals surface area (Å²) >= 11 is 9.57. The molecular weight excluding hydrogens is 508 g/mol. The number of rotatable bonds is 5. The molecule has 1 aliphatic rings. The van der Waals surface area contributed by atoms with E-state index in [1.807, 2.05) is 31.2 Å². The number of para-hydroxylation sites is 1. The van der Waals surface area contributed by atoms with E-state index in [-0.39, 0.29) is 11.3 Å². The smallest absolute Gasteiger partial charge is 0.335 e. The molecule has 3 aromatic rings. The third-order valence-electron chi connectivity index (χ3n) is 5.04. The quantitative estimate of drug-likeness (QED) is 0.345. The molecule has 0 atom stereocenters. The van der Waals surface area contributed by atoms with Gasteiger partial charge in [0.15, 0.2) is 0 Å². The number of amides is 4. The second-order valence-electron chi connectivity index (χ2n) is 7.34. The van der Waals surface area contributed by atoms with E-state index < -0.39 is 17.8 Å². The van der Waals surface area contributed by atoms with Crippen LogP contribution >= 0.6 is 27.5 Å². The molecule has 3 aromatic carbocycles. The number of nitrogens with zero attached hydrogens (tertiary/aromatic N) is 1. The highest BCUT2D eigenvalue weighted by atomic mass is 79.9. The van der Waals surface area contributed by atoms with Crippen molar-refractivity contribution in [3.63, 3.8) is 0 Å². The van der Waals surface area contributed by atoms with Gasteiger partial charge in [-0.1, -0.05) is 63.9 Å². The molecule has 0 saturated carbocycles. The number of carbonyl (C=O) groups is 3. The number of barbiturate groups is 1. The summed E-state index contributed by atoms with van der Waals surface area (Å²) in [6.07, 6.45) is 1.42. The molecule has 0 aromatic heterocycles. The van der Waals surface area contributed by atoms with Gasteiger partial charge in [0.1, 0.15) is 17.9 Å². The van der Waals surface area contributed by atoms with Crippen LogP contribution in [-0.2, 0) is 16.2 Å². The largest absolute Gasteiger partial charge is 0.488 e. The van der Waals surface area contributed by atoms with E-state index >= 15 is 0 Å². The third kappa shape index (κ3) is 4.99. The topological polar surface area (TPSA) is 75.7 Å². The van der Waals surface area contributed by atoms with Gasteiger partial charge < -0.3 is 4.74 Å². The number of carbonyl (C=O) groups excluding carboxylic acids is 3. The first-order chi connectivity index (χ1) is 15.8. The number of imide groups is 2. The number of anilines is 1. The van der Waals surface area contributed by atoms with Gasteiger partial charge in [0.2, 0.25) is 0 Å². The van der Waals surface area contributed by atoms with E-state index in [9.17, 15) is 14.4 Å². The number of halogens is 2. The van der Waals surface area contributed by atoms with E-state index in [1.54, 1.807) is 36.4 Å². The number of nitrogens with one attached hydrogen (secondary N) is 1. The summed E-state index contributed by atoms with van der Waals surface area (Å²) in [4.78, 5) is 39.0. The fraction of sp³-hybridized carbons (Fsp3) is 0.0800. The maximum absolute atomic E-state index is 13.2. The standard InChI is InChI=1S/C25H18BrClN2O4/c1-15-6-11-19(13-21(15)27)29-24(31)20(23(30)28-25(29)32)12-17-4-2-3-5-22(17)33-14-16-7-9-18(26)10-8-16/h2-13H,14H2,1H3,(H,28,30,32)/b20-12-. The predicted octanol–water partition coefficient (Wildman–Crippen LogP) is 5.66. The maximum Gasteiger partial charge on any atom is 0.335 e. The van der Waals surface area contributed by atoms with Crippen LogP contribution < -0.4 is 15.0 Å². The average molecular weight is 526 g/mol. The highest BCUT2D eigenvalue weighted by Gasteiger charge is 2.37. The van der Waals surface area contributed by atoms with Gasteiger partial charge in [-0.2, -0.15) is 0 Å². The van der Waals surface area contributed by atoms with Crippen molar-refractivity contribution in [3.05, 3.63) is 98.5 Å². The summed E-state index contributed by atoms with van der Waals surface area (Å²) in [6, 6.07) is 18.7. The molecule has 1 saturated heterocycles. The molecule has 1 heterocycles. The van der Waals surface area contributed by atoms with Crippen molar-refractivity contribution in [1.29, 1.82) is 0 Å². The number of ether oxygens (including phenoxy) is 1. The molecule has 4 amide bonds. The Balaban J connectivity index is 1.64. The molecule has 6 nitrogen and oxygen atoms in total. The zero-order valence-corrected chi connectivity index (χ0v) is 19.8. The Kier molecular flexibility index (Phi) is 6.62. The fourth-order valence-electron chi connectivity index (χ4n) is 3.24.